The van der Waals surface area contributed by atoms with Gasteiger partial charge < -0.3 is 20.3 Å². The van der Waals surface area contributed by atoms with Crippen molar-refractivity contribution in [3.05, 3.63) is 66.0 Å². The molecule has 0 unspecified atom stereocenters. The summed E-state index contributed by atoms with van der Waals surface area (Å²) in [6, 6.07) is 14.9. The summed E-state index contributed by atoms with van der Waals surface area (Å²) in [5.74, 6) is -0.233. The molecule has 2 N–H and O–H groups in total. The highest BCUT2D eigenvalue weighted by Gasteiger charge is 2.34. The van der Waals surface area contributed by atoms with Gasteiger partial charge in [0.2, 0.25) is 5.91 Å². The van der Waals surface area contributed by atoms with Gasteiger partial charge in [0.1, 0.15) is 11.9 Å². The van der Waals surface area contributed by atoms with Gasteiger partial charge in [0.05, 0.1) is 13.2 Å². The molecule has 0 saturated carbocycles. The number of likely N-dealkylation sites (tertiary alicyclic amines) is 1. The van der Waals surface area contributed by atoms with E-state index < -0.39 is 0 Å². The van der Waals surface area contributed by atoms with Crippen LogP contribution >= 0.6 is 0 Å². The molecule has 3 amide bonds. The molecule has 4 rings (SSSR count). The SMILES string of the molecule is O=C(Nc1ccc(F)cc1)NC1CCN([C@@H](C(=O)N2CCOCC2)c2ccccc2)CC1. The van der Waals surface area contributed by atoms with E-state index in [2.05, 4.69) is 15.5 Å². The Kier molecular flexibility index (Phi) is 7.34. The zero-order valence-corrected chi connectivity index (χ0v) is 18.0. The van der Waals surface area contributed by atoms with Crippen LogP contribution < -0.4 is 10.6 Å². The second-order valence-corrected chi connectivity index (χ2v) is 8.17. The van der Waals surface area contributed by atoms with E-state index in [0.717, 1.165) is 18.4 Å². The first-order valence-electron chi connectivity index (χ1n) is 11.1. The number of benzene rings is 2. The summed E-state index contributed by atoms with van der Waals surface area (Å²) in [5.41, 5.74) is 1.53. The van der Waals surface area contributed by atoms with Gasteiger partial charge in [0, 0.05) is 37.9 Å². The van der Waals surface area contributed by atoms with E-state index in [1.807, 2.05) is 35.2 Å². The van der Waals surface area contributed by atoms with Gasteiger partial charge in [-0.1, -0.05) is 30.3 Å². The van der Waals surface area contributed by atoms with Crippen molar-refractivity contribution in [1.82, 2.24) is 15.1 Å². The van der Waals surface area contributed by atoms with E-state index in [1.165, 1.54) is 24.3 Å². The average molecular weight is 441 g/mol. The zero-order valence-electron chi connectivity index (χ0n) is 18.0. The summed E-state index contributed by atoms with van der Waals surface area (Å²) in [6.45, 7) is 3.78. The predicted octanol–water partition coefficient (Wildman–Crippen LogP) is 3.01. The Hall–Kier alpha value is -2.97. The van der Waals surface area contributed by atoms with Gasteiger partial charge in [-0.3, -0.25) is 9.69 Å². The van der Waals surface area contributed by atoms with Gasteiger partial charge in [0.15, 0.2) is 0 Å². The number of carbonyl (C=O) groups excluding carboxylic acids is 2. The number of carbonyl (C=O) groups is 2. The van der Waals surface area contributed by atoms with Crippen LogP contribution in [0.3, 0.4) is 0 Å². The van der Waals surface area contributed by atoms with Crippen LogP contribution in [0.25, 0.3) is 0 Å². The number of halogens is 1. The molecule has 2 fully saturated rings. The number of nitrogens with one attached hydrogen (secondary N) is 2. The van der Waals surface area contributed by atoms with Crippen LogP contribution in [0.4, 0.5) is 14.9 Å². The Morgan fingerprint density at radius 3 is 2.25 bits per heavy atom. The van der Waals surface area contributed by atoms with Gasteiger partial charge in [-0.25, -0.2) is 9.18 Å². The van der Waals surface area contributed by atoms with E-state index in [4.69, 9.17) is 4.74 Å². The Bertz CT molecular complexity index is 895. The van der Waals surface area contributed by atoms with Crippen LogP contribution in [0.5, 0.6) is 0 Å². The van der Waals surface area contributed by atoms with Crippen LogP contribution in [0, 0.1) is 5.82 Å². The number of urea groups is 1. The molecule has 7 nitrogen and oxygen atoms in total. The molecule has 32 heavy (non-hydrogen) atoms. The fourth-order valence-electron chi connectivity index (χ4n) is 4.29. The minimum atomic E-state index is -0.345. The summed E-state index contributed by atoms with van der Waals surface area (Å²) in [7, 11) is 0. The first-order valence-corrected chi connectivity index (χ1v) is 11.1. The number of piperidine rings is 1. The molecule has 0 spiro atoms. The number of nitrogens with zero attached hydrogens (tertiary/aromatic N) is 2. The number of hydrogen-bond acceptors (Lipinski definition) is 4. The molecule has 170 valence electrons. The number of rotatable bonds is 5. The molecule has 2 aromatic carbocycles. The monoisotopic (exact) mass is 440 g/mol. The van der Waals surface area contributed by atoms with E-state index in [1.54, 1.807) is 0 Å². The zero-order chi connectivity index (χ0) is 22.3. The van der Waals surface area contributed by atoms with Crippen LogP contribution in [0.1, 0.15) is 24.4 Å². The van der Waals surface area contributed by atoms with Crippen LogP contribution in [0.15, 0.2) is 54.6 Å². The third kappa shape index (κ3) is 5.63. The molecule has 0 aliphatic carbocycles. The summed E-state index contributed by atoms with van der Waals surface area (Å²) in [5, 5.41) is 5.73. The maximum atomic E-state index is 13.4. The van der Waals surface area contributed by atoms with Crippen LogP contribution in [0.2, 0.25) is 0 Å². The number of hydrogen-bond donors (Lipinski definition) is 2. The highest BCUT2D eigenvalue weighted by atomic mass is 19.1. The fraction of sp³-hybridized carbons (Fsp3) is 0.417. The quantitative estimate of drug-likeness (QED) is 0.750. The van der Waals surface area contributed by atoms with Crippen molar-refractivity contribution in [3.63, 3.8) is 0 Å². The van der Waals surface area contributed by atoms with E-state index in [-0.39, 0.29) is 29.8 Å². The minimum absolute atomic E-state index is 0.0154. The number of amides is 3. The van der Waals surface area contributed by atoms with Crippen molar-refractivity contribution in [2.45, 2.75) is 24.9 Å². The Morgan fingerprint density at radius 2 is 1.59 bits per heavy atom. The first-order chi connectivity index (χ1) is 15.6. The maximum absolute atomic E-state index is 13.4. The normalized spacial score (nSPS) is 18.7. The van der Waals surface area contributed by atoms with Crippen molar-refractivity contribution in [1.29, 1.82) is 0 Å². The lowest BCUT2D eigenvalue weighted by Gasteiger charge is -2.40. The first kappa shape index (κ1) is 22.2. The van der Waals surface area contributed by atoms with Crippen molar-refractivity contribution in [2.75, 3.05) is 44.7 Å². The number of ether oxygens (including phenoxy) is 1. The molecular formula is C24H29FN4O3. The lowest BCUT2D eigenvalue weighted by atomic mass is 9.98. The second-order valence-electron chi connectivity index (χ2n) is 8.17. The maximum Gasteiger partial charge on any atom is 0.319 e. The molecule has 0 bridgehead atoms. The summed E-state index contributed by atoms with van der Waals surface area (Å²) in [6.07, 6.45) is 1.49. The van der Waals surface area contributed by atoms with Gasteiger partial charge in [0.25, 0.3) is 0 Å². The Morgan fingerprint density at radius 1 is 0.938 bits per heavy atom. The molecule has 8 heteroatoms. The lowest BCUT2D eigenvalue weighted by molar-refractivity contribution is -0.142. The van der Waals surface area contributed by atoms with Gasteiger partial charge in [-0.05, 0) is 42.7 Å². The minimum Gasteiger partial charge on any atom is -0.378 e. The van der Waals surface area contributed by atoms with Crippen molar-refractivity contribution in [3.8, 4) is 0 Å². The third-order valence-electron chi connectivity index (χ3n) is 6.00. The highest BCUT2D eigenvalue weighted by molar-refractivity contribution is 5.89. The lowest BCUT2D eigenvalue weighted by Crippen LogP contribution is -2.51. The average Bonchev–Trinajstić information content (AvgIpc) is 2.83. The molecular weight excluding hydrogens is 411 g/mol. The topological polar surface area (TPSA) is 73.9 Å². The molecule has 2 heterocycles. The highest BCUT2D eigenvalue weighted by Crippen LogP contribution is 2.27. The smallest absolute Gasteiger partial charge is 0.319 e. The van der Waals surface area contributed by atoms with Gasteiger partial charge >= 0.3 is 6.03 Å². The molecule has 1 atom stereocenters. The number of morpholine rings is 1. The predicted molar refractivity (Wildman–Crippen MR) is 120 cm³/mol. The number of anilines is 1. The molecule has 2 aliphatic heterocycles. The Labute approximate surface area is 187 Å². The largest absolute Gasteiger partial charge is 0.378 e. The summed E-state index contributed by atoms with van der Waals surface area (Å²) in [4.78, 5) is 29.8. The van der Waals surface area contributed by atoms with Gasteiger partial charge in [-0.2, -0.15) is 0 Å². The van der Waals surface area contributed by atoms with E-state index in [0.29, 0.717) is 45.1 Å². The fourth-order valence-corrected chi connectivity index (χ4v) is 4.29. The standard InChI is InChI=1S/C24H29FN4O3/c25-19-6-8-20(9-7-19)26-24(31)27-21-10-12-28(13-11-21)22(18-4-2-1-3-5-18)23(30)29-14-16-32-17-15-29/h1-9,21-22H,10-17H2,(H2,26,27,31)/t22-/m1/s1. The molecule has 2 saturated heterocycles. The van der Waals surface area contributed by atoms with Gasteiger partial charge in [-0.15, -0.1) is 0 Å². The molecule has 2 aliphatic rings. The van der Waals surface area contributed by atoms with E-state index >= 15 is 0 Å². The van der Waals surface area contributed by atoms with E-state index in [9.17, 15) is 14.0 Å². The molecule has 0 aromatic heterocycles. The van der Waals surface area contributed by atoms with Crippen molar-refractivity contribution >= 4 is 17.6 Å². The molecule has 2 aromatic rings. The second kappa shape index (κ2) is 10.6. The van der Waals surface area contributed by atoms with Crippen molar-refractivity contribution < 1.29 is 18.7 Å². The third-order valence-corrected chi connectivity index (χ3v) is 6.00. The summed E-state index contributed by atoms with van der Waals surface area (Å²) < 4.78 is 18.4. The van der Waals surface area contributed by atoms with Crippen LogP contribution in [-0.4, -0.2) is 67.2 Å². The molecule has 0 radical (unpaired) electrons. The Balaban J connectivity index is 1.36. The summed E-state index contributed by atoms with van der Waals surface area (Å²) >= 11 is 0. The van der Waals surface area contributed by atoms with Crippen LogP contribution in [-0.2, 0) is 9.53 Å². The van der Waals surface area contributed by atoms with Crippen molar-refractivity contribution in [2.24, 2.45) is 0 Å².